The van der Waals surface area contributed by atoms with Gasteiger partial charge in [0.2, 0.25) is 0 Å². The zero-order valence-corrected chi connectivity index (χ0v) is 9.81. The molecule has 0 heterocycles. The van der Waals surface area contributed by atoms with Gasteiger partial charge in [0, 0.05) is 12.2 Å². The van der Waals surface area contributed by atoms with Crippen LogP contribution in [0.2, 0.25) is 0 Å². The summed E-state index contributed by atoms with van der Waals surface area (Å²) in [5.41, 5.74) is -0.659. The molecule has 16 heavy (non-hydrogen) atoms. The minimum Gasteiger partial charge on any atom is -0.475 e. The monoisotopic (exact) mass is 228 g/mol. The summed E-state index contributed by atoms with van der Waals surface area (Å²) in [5, 5.41) is 8.26. The van der Waals surface area contributed by atoms with Crippen LogP contribution in [-0.4, -0.2) is 28.4 Å². The van der Waals surface area contributed by atoms with Crippen molar-refractivity contribution < 1.29 is 24.2 Å². The van der Waals surface area contributed by atoms with Crippen molar-refractivity contribution in [2.75, 3.05) is 0 Å². The number of esters is 1. The molecule has 0 aromatic carbocycles. The molecule has 0 rings (SSSR count). The zero-order chi connectivity index (χ0) is 12.9. The summed E-state index contributed by atoms with van der Waals surface area (Å²) in [6.45, 7) is 7.25. The third-order valence-electron chi connectivity index (χ3n) is 2.34. The Morgan fingerprint density at radius 3 is 2.06 bits per heavy atom. The van der Waals surface area contributed by atoms with E-state index in [4.69, 9.17) is 9.84 Å². The van der Waals surface area contributed by atoms with E-state index in [0.717, 1.165) is 6.08 Å². The lowest BCUT2D eigenvalue weighted by Gasteiger charge is -2.28. The van der Waals surface area contributed by atoms with Crippen LogP contribution in [0, 0.1) is 5.92 Å². The van der Waals surface area contributed by atoms with Crippen molar-refractivity contribution in [3.05, 3.63) is 12.2 Å². The largest absolute Gasteiger partial charge is 0.475 e. The van der Waals surface area contributed by atoms with Crippen LogP contribution in [0.25, 0.3) is 0 Å². The first kappa shape index (κ1) is 14.3. The maximum Gasteiger partial charge on any atom is 0.376 e. The van der Waals surface area contributed by atoms with Crippen molar-refractivity contribution >= 4 is 17.7 Å². The Balaban J connectivity index is 4.41. The number of hydrogen-bond acceptors (Lipinski definition) is 4. The molecule has 5 heteroatoms. The fourth-order valence-electron chi connectivity index (χ4n) is 0.626. The van der Waals surface area contributed by atoms with Gasteiger partial charge in [-0.1, -0.05) is 13.8 Å². The smallest absolute Gasteiger partial charge is 0.376 e. The molecule has 0 saturated heterocycles. The van der Waals surface area contributed by atoms with E-state index in [1.54, 1.807) is 13.8 Å². The second-order valence-corrected chi connectivity index (χ2v) is 4.18. The highest BCUT2D eigenvalue weighted by molar-refractivity contribution is 6.37. The Hall–Kier alpha value is -1.65. The maximum absolute atomic E-state index is 11.2. The number of carboxylic acids is 1. The molecule has 0 fully saturated rings. The summed E-state index contributed by atoms with van der Waals surface area (Å²) in [6.07, 6.45) is 1.50. The van der Waals surface area contributed by atoms with E-state index in [1.807, 2.05) is 13.8 Å². The highest BCUT2D eigenvalue weighted by Crippen LogP contribution is 2.20. The van der Waals surface area contributed by atoms with E-state index in [0.29, 0.717) is 6.08 Å². The number of carbonyl (C=O) groups is 3. The summed E-state index contributed by atoms with van der Waals surface area (Å²) in [4.78, 5) is 32.0. The van der Waals surface area contributed by atoms with Gasteiger partial charge >= 0.3 is 11.9 Å². The number of carbonyl (C=O) groups excluding carboxylic acids is 2. The topological polar surface area (TPSA) is 80.7 Å². The summed E-state index contributed by atoms with van der Waals surface area (Å²) >= 11 is 0. The number of carboxylic acid groups (broad SMARTS) is 1. The van der Waals surface area contributed by atoms with Gasteiger partial charge in [0.05, 0.1) is 0 Å². The highest BCUT2D eigenvalue weighted by atomic mass is 16.6. The van der Waals surface area contributed by atoms with Crippen LogP contribution in [0.5, 0.6) is 0 Å². The van der Waals surface area contributed by atoms with Crippen molar-refractivity contribution in [2.45, 2.75) is 33.3 Å². The third-order valence-corrected chi connectivity index (χ3v) is 2.34. The molecule has 0 saturated carbocycles. The van der Waals surface area contributed by atoms with E-state index < -0.39 is 23.3 Å². The lowest BCUT2D eigenvalue weighted by molar-refractivity contribution is -0.154. The average Bonchev–Trinajstić information content (AvgIpc) is 2.12. The molecule has 0 aliphatic rings. The molecular weight excluding hydrogens is 212 g/mol. The van der Waals surface area contributed by atoms with Gasteiger partial charge < -0.3 is 9.84 Å². The Morgan fingerprint density at radius 2 is 1.69 bits per heavy atom. The fraction of sp³-hybridized carbons (Fsp3) is 0.545. The molecule has 0 spiro atoms. The van der Waals surface area contributed by atoms with Crippen LogP contribution in [0.3, 0.4) is 0 Å². The van der Waals surface area contributed by atoms with Crippen molar-refractivity contribution in [2.24, 2.45) is 5.92 Å². The number of ether oxygens (including phenoxy) is 1. The molecule has 0 radical (unpaired) electrons. The molecule has 0 aromatic rings. The van der Waals surface area contributed by atoms with Gasteiger partial charge in [-0.05, 0) is 19.8 Å². The summed E-state index contributed by atoms with van der Waals surface area (Å²) in [6, 6.07) is 0. The normalized spacial score (nSPS) is 11.8. The van der Waals surface area contributed by atoms with Crippen LogP contribution in [-0.2, 0) is 19.1 Å². The molecule has 0 amide bonds. The second kappa shape index (κ2) is 5.44. The second-order valence-electron chi connectivity index (χ2n) is 4.18. The molecule has 0 aliphatic carbocycles. The Bertz CT molecular complexity index is 325. The van der Waals surface area contributed by atoms with Crippen molar-refractivity contribution in [1.82, 2.24) is 0 Å². The first-order chi connectivity index (χ1) is 7.16. The van der Waals surface area contributed by atoms with Crippen LogP contribution >= 0.6 is 0 Å². The quantitative estimate of drug-likeness (QED) is 0.434. The Labute approximate surface area is 94.1 Å². The first-order valence-electron chi connectivity index (χ1n) is 4.85. The van der Waals surface area contributed by atoms with Gasteiger partial charge in [-0.2, -0.15) is 0 Å². The highest BCUT2D eigenvalue weighted by Gasteiger charge is 2.26. The van der Waals surface area contributed by atoms with Crippen LogP contribution in [0.4, 0.5) is 0 Å². The molecule has 0 bridgehead atoms. The molecule has 0 aliphatic heterocycles. The minimum absolute atomic E-state index is 0.111. The Morgan fingerprint density at radius 1 is 1.19 bits per heavy atom. The zero-order valence-electron chi connectivity index (χ0n) is 9.81. The minimum atomic E-state index is -1.60. The van der Waals surface area contributed by atoms with E-state index in [-0.39, 0.29) is 5.92 Å². The predicted octanol–water partition coefficient (Wildman–Crippen LogP) is 1.17. The number of aliphatic carboxylic acids is 1. The molecule has 0 atom stereocenters. The van der Waals surface area contributed by atoms with E-state index in [9.17, 15) is 14.4 Å². The molecule has 0 unspecified atom stereocenters. The standard InChI is InChI=1S/C11H16O5/c1-7(2)11(3,4)16-9(13)6-5-8(12)10(14)15/h5-7H,1-4H3,(H,14,15). The number of ketones is 1. The predicted molar refractivity (Wildman–Crippen MR) is 56.8 cm³/mol. The SMILES string of the molecule is CC(C)C(C)(C)OC(=O)C=CC(=O)C(=O)O. The van der Waals surface area contributed by atoms with Crippen molar-refractivity contribution in [3.8, 4) is 0 Å². The van der Waals surface area contributed by atoms with Crippen LogP contribution in [0.15, 0.2) is 12.2 Å². The third kappa shape index (κ3) is 4.72. The number of hydrogen-bond donors (Lipinski definition) is 1. The molecule has 90 valence electrons. The number of rotatable bonds is 5. The van der Waals surface area contributed by atoms with E-state index in [2.05, 4.69) is 0 Å². The van der Waals surface area contributed by atoms with Gasteiger partial charge in [0.15, 0.2) is 0 Å². The summed E-state index contributed by atoms with van der Waals surface area (Å²) in [5.74, 6) is -3.38. The lowest BCUT2D eigenvalue weighted by atomic mass is 9.95. The van der Waals surface area contributed by atoms with E-state index in [1.165, 1.54) is 0 Å². The van der Waals surface area contributed by atoms with Gasteiger partial charge in [-0.25, -0.2) is 9.59 Å². The van der Waals surface area contributed by atoms with Crippen molar-refractivity contribution in [1.29, 1.82) is 0 Å². The summed E-state index contributed by atoms with van der Waals surface area (Å²) < 4.78 is 5.06. The maximum atomic E-state index is 11.2. The van der Waals surface area contributed by atoms with E-state index >= 15 is 0 Å². The van der Waals surface area contributed by atoms with Gasteiger partial charge in [0.25, 0.3) is 5.78 Å². The van der Waals surface area contributed by atoms with Crippen molar-refractivity contribution in [3.63, 3.8) is 0 Å². The molecule has 5 nitrogen and oxygen atoms in total. The van der Waals surface area contributed by atoms with Gasteiger partial charge in [-0.15, -0.1) is 0 Å². The van der Waals surface area contributed by atoms with Gasteiger partial charge in [0.1, 0.15) is 5.60 Å². The fourth-order valence-corrected chi connectivity index (χ4v) is 0.626. The Kier molecular flexibility index (Phi) is 4.88. The van der Waals surface area contributed by atoms with Crippen LogP contribution < -0.4 is 0 Å². The lowest BCUT2D eigenvalue weighted by Crippen LogP contribution is -2.33. The average molecular weight is 228 g/mol. The molecular formula is C11H16O5. The van der Waals surface area contributed by atoms with Crippen LogP contribution in [0.1, 0.15) is 27.7 Å². The van der Waals surface area contributed by atoms with Gasteiger partial charge in [-0.3, -0.25) is 4.79 Å². The molecule has 0 aromatic heterocycles. The summed E-state index contributed by atoms with van der Waals surface area (Å²) in [7, 11) is 0. The molecule has 1 N–H and O–H groups in total. The first-order valence-corrected chi connectivity index (χ1v) is 4.85.